The Kier molecular flexibility index (Phi) is 4.38. The van der Waals surface area contributed by atoms with Crippen molar-refractivity contribution >= 4 is 23.2 Å². The van der Waals surface area contributed by atoms with E-state index in [2.05, 4.69) is 33.7 Å². The van der Waals surface area contributed by atoms with Gasteiger partial charge in [0.25, 0.3) is 5.89 Å². The predicted octanol–water partition coefficient (Wildman–Crippen LogP) is 2.97. The highest BCUT2D eigenvalue weighted by Crippen LogP contribution is 2.28. The molecule has 6 heteroatoms. The van der Waals surface area contributed by atoms with Gasteiger partial charge < -0.3 is 14.6 Å². The molecule has 1 aliphatic heterocycles. The maximum atomic E-state index is 5.64. The Bertz CT molecular complexity index is 763. The minimum absolute atomic E-state index is 0. The highest BCUT2D eigenvalue weighted by atomic mass is 35.5. The molecule has 1 saturated heterocycles. The second-order valence-electron chi connectivity index (χ2n) is 5.05. The zero-order chi connectivity index (χ0) is 14.1. The van der Waals surface area contributed by atoms with E-state index in [0.717, 1.165) is 22.9 Å². The molecule has 22 heavy (non-hydrogen) atoms. The molecule has 3 aromatic rings. The number of hydrogen-bond acceptors (Lipinski definition) is 5. The number of benzene rings is 2. The van der Waals surface area contributed by atoms with Crippen LogP contribution in [0.1, 0.15) is 12.0 Å². The van der Waals surface area contributed by atoms with Crippen molar-refractivity contribution in [3.05, 3.63) is 48.4 Å². The predicted molar refractivity (Wildman–Crippen MR) is 86.1 cm³/mol. The summed E-state index contributed by atoms with van der Waals surface area (Å²) in [5.74, 6) is 1.14. The van der Waals surface area contributed by atoms with Crippen LogP contribution >= 0.6 is 12.4 Å². The topological polar surface area (TPSA) is 60.2 Å². The van der Waals surface area contributed by atoms with Gasteiger partial charge in [-0.25, -0.2) is 0 Å². The molecule has 4 rings (SSSR count). The fourth-order valence-electron chi connectivity index (χ4n) is 2.62. The normalized spacial score (nSPS) is 18.1. The molecule has 2 aromatic carbocycles. The Morgan fingerprint density at radius 3 is 2.82 bits per heavy atom. The van der Waals surface area contributed by atoms with E-state index in [0.29, 0.717) is 24.9 Å². The molecule has 2 heterocycles. The van der Waals surface area contributed by atoms with E-state index in [-0.39, 0.29) is 18.5 Å². The minimum atomic E-state index is -0.157. The molecule has 0 spiro atoms. The summed E-state index contributed by atoms with van der Waals surface area (Å²) in [6.45, 7) is 2.23. The van der Waals surface area contributed by atoms with E-state index >= 15 is 0 Å². The van der Waals surface area contributed by atoms with Crippen LogP contribution in [0.25, 0.3) is 22.2 Å². The van der Waals surface area contributed by atoms with E-state index in [9.17, 15) is 0 Å². The molecule has 1 N–H and O–H groups in total. The summed E-state index contributed by atoms with van der Waals surface area (Å²) in [4.78, 5) is 4.51. The molecule has 1 unspecified atom stereocenters. The lowest BCUT2D eigenvalue weighted by atomic mass is 10.0. The molecular weight excluding hydrogens is 302 g/mol. The fourth-order valence-corrected chi connectivity index (χ4v) is 2.62. The molecule has 1 aromatic heterocycles. The Hall–Kier alpha value is -1.95. The molecule has 0 aliphatic carbocycles. The molecule has 1 fully saturated rings. The molecule has 0 saturated carbocycles. The van der Waals surface area contributed by atoms with Gasteiger partial charge in [-0.2, -0.15) is 4.98 Å². The Balaban J connectivity index is 0.00000144. The zero-order valence-corrected chi connectivity index (χ0v) is 12.7. The molecule has 5 nitrogen and oxygen atoms in total. The van der Waals surface area contributed by atoms with Gasteiger partial charge in [-0.05, 0) is 10.8 Å². The molecule has 0 radical (unpaired) electrons. The number of rotatable bonds is 2. The number of morpholine rings is 1. The lowest BCUT2D eigenvalue weighted by Gasteiger charge is -2.19. The lowest BCUT2D eigenvalue weighted by molar-refractivity contribution is 0.00755. The van der Waals surface area contributed by atoms with Crippen LogP contribution < -0.4 is 5.32 Å². The first kappa shape index (κ1) is 15.0. The second-order valence-corrected chi connectivity index (χ2v) is 5.05. The Labute approximate surface area is 134 Å². The number of fused-ring (bicyclic) bond motifs is 1. The van der Waals surface area contributed by atoms with Gasteiger partial charge in [-0.15, -0.1) is 12.4 Å². The van der Waals surface area contributed by atoms with Gasteiger partial charge in [0.2, 0.25) is 5.82 Å². The number of ether oxygens (including phenoxy) is 1. The summed E-state index contributed by atoms with van der Waals surface area (Å²) in [6, 6.07) is 14.3. The first-order valence-corrected chi connectivity index (χ1v) is 7.06. The van der Waals surface area contributed by atoms with Gasteiger partial charge in [0.1, 0.15) is 6.10 Å². The van der Waals surface area contributed by atoms with Crippen molar-refractivity contribution in [2.45, 2.75) is 6.10 Å². The summed E-state index contributed by atoms with van der Waals surface area (Å²) in [5, 5.41) is 9.66. The van der Waals surface area contributed by atoms with Crippen molar-refractivity contribution < 1.29 is 9.26 Å². The number of nitrogens with one attached hydrogen (secondary N) is 1. The maximum absolute atomic E-state index is 5.64. The van der Waals surface area contributed by atoms with Crippen molar-refractivity contribution in [2.24, 2.45) is 0 Å². The number of halogens is 1. The van der Waals surface area contributed by atoms with Crippen molar-refractivity contribution in [1.29, 1.82) is 0 Å². The fraction of sp³-hybridized carbons (Fsp3) is 0.250. The van der Waals surface area contributed by atoms with Crippen LogP contribution in [0.2, 0.25) is 0 Å². The quantitative estimate of drug-likeness (QED) is 0.787. The molecule has 0 bridgehead atoms. The van der Waals surface area contributed by atoms with Gasteiger partial charge in [0, 0.05) is 18.7 Å². The molecule has 0 amide bonds. The largest absolute Gasteiger partial charge is 0.366 e. The third-order valence-electron chi connectivity index (χ3n) is 3.68. The van der Waals surface area contributed by atoms with Gasteiger partial charge >= 0.3 is 0 Å². The van der Waals surface area contributed by atoms with Crippen molar-refractivity contribution in [3.63, 3.8) is 0 Å². The molecule has 1 aliphatic rings. The summed E-state index contributed by atoms with van der Waals surface area (Å²) in [5.41, 5.74) is 0.979. The van der Waals surface area contributed by atoms with Crippen molar-refractivity contribution in [1.82, 2.24) is 15.5 Å². The summed E-state index contributed by atoms with van der Waals surface area (Å²) in [7, 11) is 0. The highest BCUT2D eigenvalue weighted by molar-refractivity contribution is 5.94. The molecule has 114 valence electrons. The standard InChI is InChI=1S/C16H15N3O2.ClH/c1-2-6-12-11(4-1)5-3-7-13(12)15-18-16(21-19-15)14-10-17-8-9-20-14;/h1-7,14,17H,8-10H2;1H. The smallest absolute Gasteiger partial charge is 0.257 e. The molecule has 1 atom stereocenters. The van der Waals surface area contributed by atoms with Crippen LogP contribution in [-0.2, 0) is 4.74 Å². The third-order valence-corrected chi connectivity index (χ3v) is 3.68. The monoisotopic (exact) mass is 317 g/mol. The highest BCUT2D eigenvalue weighted by Gasteiger charge is 2.22. The van der Waals surface area contributed by atoms with Gasteiger partial charge in [0.15, 0.2) is 0 Å². The number of hydrogen-bond donors (Lipinski definition) is 1. The van der Waals surface area contributed by atoms with Gasteiger partial charge in [-0.3, -0.25) is 0 Å². The van der Waals surface area contributed by atoms with Crippen LogP contribution in [0.3, 0.4) is 0 Å². The van der Waals surface area contributed by atoms with Crippen LogP contribution in [-0.4, -0.2) is 29.8 Å². The number of nitrogens with zero attached hydrogens (tertiary/aromatic N) is 2. The van der Waals surface area contributed by atoms with E-state index in [4.69, 9.17) is 9.26 Å². The molecular formula is C16H16ClN3O2. The zero-order valence-electron chi connectivity index (χ0n) is 11.9. The van der Waals surface area contributed by atoms with Crippen LogP contribution in [0, 0.1) is 0 Å². The van der Waals surface area contributed by atoms with E-state index < -0.39 is 0 Å². The summed E-state index contributed by atoms with van der Waals surface area (Å²) in [6.07, 6.45) is -0.157. The number of aromatic nitrogens is 2. The van der Waals surface area contributed by atoms with E-state index in [1.807, 2.05) is 24.3 Å². The minimum Gasteiger partial charge on any atom is -0.366 e. The first-order valence-electron chi connectivity index (χ1n) is 7.06. The van der Waals surface area contributed by atoms with Crippen LogP contribution in [0.5, 0.6) is 0 Å². The average molecular weight is 318 g/mol. The second kappa shape index (κ2) is 6.44. The van der Waals surface area contributed by atoms with Gasteiger partial charge in [-0.1, -0.05) is 47.6 Å². The summed E-state index contributed by atoms with van der Waals surface area (Å²) >= 11 is 0. The maximum Gasteiger partial charge on any atom is 0.257 e. The Morgan fingerprint density at radius 2 is 1.95 bits per heavy atom. The van der Waals surface area contributed by atoms with Crippen LogP contribution in [0.15, 0.2) is 47.0 Å². The van der Waals surface area contributed by atoms with Gasteiger partial charge in [0.05, 0.1) is 6.61 Å². The SMILES string of the molecule is Cl.c1ccc2c(-c3noc(C4CNCCO4)n3)cccc2c1. The average Bonchev–Trinajstić information content (AvgIpc) is 3.05. The first-order chi connectivity index (χ1) is 10.4. The van der Waals surface area contributed by atoms with Crippen LogP contribution in [0.4, 0.5) is 0 Å². The Morgan fingerprint density at radius 1 is 1.09 bits per heavy atom. The summed E-state index contributed by atoms with van der Waals surface area (Å²) < 4.78 is 11.0. The van der Waals surface area contributed by atoms with Crippen molar-refractivity contribution in [3.8, 4) is 11.4 Å². The third kappa shape index (κ3) is 2.70. The van der Waals surface area contributed by atoms with Crippen molar-refractivity contribution in [2.75, 3.05) is 19.7 Å². The van der Waals surface area contributed by atoms with E-state index in [1.54, 1.807) is 0 Å². The van der Waals surface area contributed by atoms with E-state index in [1.165, 1.54) is 0 Å². The lowest BCUT2D eigenvalue weighted by Crippen LogP contribution is -2.33.